The lowest BCUT2D eigenvalue weighted by Gasteiger charge is -2.29. The van der Waals surface area contributed by atoms with Crippen molar-refractivity contribution in [2.45, 2.75) is 25.8 Å². The van der Waals surface area contributed by atoms with Gasteiger partial charge in [-0.05, 0) is 48.3 Å². The molecule has 0 radical (unpaired) electrons. The Kier molecular flexibility index (Phi) is 5.21. The van der Waals surface area contributed by atoms with Crippen LogP contribution in [-0.4, -0.2) is 20.2 Å². The summed E-state index contributed by atoms with van der Waals surface area (Å²) in [5.74, 6) is 1.81. The molecule has 0 atom stereocenters. The maximum atomic E-state index is 5.54. The monoisotopic (exact) mass is 346 g/mol. The maximum absolute atomic E-state index is 5.54. The molecule has 0 unspecified atom stereocenters. The van der Waals surface area contributed by atoms with E-state index >= 15 is 0 Å². The van der Waals surface area contributed by atoms with E-state index in [0.29, 0.717) is 0 Å². The molecule has 1 aliphatic heterocycles. The zero-order chi connectivity index (χ0) is 17.8. The highest BCUT2D eigenvalue weighted by Gasteiger charge is 2.23. The molecule has 4 rings (SSSR count). The fraction of sp³-hybridized carbons (Fsp3) is 0.333. The van der Waals surface area contributed by atoms with Crippen LogP contribution in [0.5, 0.6) is 5.75 Å². The zero-order valence-electron chi connectivity index (χ0n) is 15.6. The fourth-order valence-corrected chi connectivity index (χ4v) is 4.35. The molecule has 134 valence electrons. The molecule has 0 aliphatic carbocycles. The molecule has 3 aromatic carbocycles. The Balaban J connectivity index is 1.41. The highest BCUT2D eigenvalue weighted by Crippen LogP contribution is 2.28. The number of methoxy groups -OCH3 is 1. The molecule has 2 nitrogen and oxygen atoms in total. The minimum Gasteiger partial charge on any atom is -0.496 e. The molecule has 0 saturated carbocycles. The topological polar surface area (TPSA) is 13.7 Å². The predicted molar refractivity (Wildman–Crippen MR) is 108 cm³/mol. The van der Waals surface area contributed by atoms with E-state index in [1.165, 1.54) is 54.3 Å². The summed E-state index contributed by atoms with van der Waals surface area (Å²) in [6.45, 7) is 3.66. The molecule has 2 heteroatoms. The Morgan fingerprint density at radius 3 is 2.27 bits per heavy atom. The fourth-order valence-electron chi connectivity index (χ4n) is 4.35. The molecule has 1 N–H and O–H groups in total. The standard InChI is InChI=1S/C24H27NO/c1-26-24-12-11-21(22-9-5-6-10-23(22)24)18-25-15-13-20(14-16-25)17-19-7-3-2-4-8-19/h2-12,20H,13-18H2,1H3/p+1. The minimum atomic E-state index is 0.841. The number of likely N-dealkylation sites (tertiary alicyclic amines) is 1. The molecule has 1 saturated heterocycles. The van der Waals surface area contributed by atoms with E-state index in [0.717, 1.165) is 18.2 Å². The second-order valence-electron chi connectivity index (χ2n) is 7.53. The van der Waals surface area contributed by atoms with Gasteiger partial charge in [0.1, 0.15) is 12.3 Å². The van der Waals surface area contributed by atoms with Crippen LogP contribution < -0.4 is 9.64 Å². The summed E-state index contributed by atoms with van der Waals surface area (Å²) < 4.78 is 5.54. The second kappa shape index (κ2) is 7.92. The van der Waals surface area contributed by atoms with Crippen LogP contribution in [0.4, 0.5) is 0 Å². The van der Waals surface area contributed by atoms with Crippen LogP contribution >= 0.6 is 0 Å². The first kappa shape index (κ1) is 17.1. The van der Waals surface area contributed by atoms with E-state index in [9.17, 15) is 0 Å². The Hall–Kier alpha value is -2.32. The normalized spacial score (nSPS) is 20.2. The van der Waals surface area contributed by atoms with Crippen LogP contribution in [0.1, 0.15) is 24.0 Å². The van der Waals surface area contributed by atoms with E-state index in [1.54, 1.807) is 12.0 Å². The van der Waals surface area contributed by atoms with Gasteiger partial charge < -0.3 is 9.64 Å². The first-order valence-corrected chi connectivity index (χ1v) is 9.75. The highest BCUT2D eigenvalue weighted by atomic mass is 16.5. The van der Waals surface area contributed by atoms with E-state index in [-0.39, 0.29) is 0 Å². The van der Waals surface area contributed by atoms with E-state index < -0.39 is 0 Å². The number of rotatable bonds is 5. The summed E-state index contributed by atoms with van der Waals surface area (Å²) in [4.78, 5) is 1.71. The second-order valence-corrected chi connectivity index (χ2v) is 7.53. The number of fused-ring (bicyclic) bond motifs is 1. The van der Waals surface area contributed by atoms with Crippen LogP contribution in [0, 0.1) is 5.92 Å². The minimum absolute atomic E-state index is 0.841. The van der Waals surface area contributed by atoms with Gasteiger partial charge in [-0.2, -0.15) is 0 Å². The van der Waals surface area contributed by atoms with Gasteiger partial charge in [-0.3, -0.25) is 0 Å². The summed E-state index contributed by atoms with van der Waals surface area (Å²) in [5.41, 5.74) is 2.93. The van der Waals surface area contributed by atoms with Crippen molar-refractivity contribution in [2.24, 2.45) is 5.92 Å². The van der Waals surface area contributed by atoms with Gasteiger partial charge in [0.2, 0.25) is 0 Å². The quantitative estimate of drug-likeness (QED) is 0.740. The summed E-state index contributed by atoms with van der Waals surface area (Å²) in [7, 11) is 1.75. The Bertz CT molecular complexity index is 850. The largest absolute Gasteiger partial charge is 0.496 e. The third-order valence-corrected chi connectivity index (χ3v) is 5.81. The van der Waals surface area contributed by atoms with Crippen molar-refractivity contribution in [3.05, 3.63) is 77.9 Å². The van der Waals surface area contributed by atoms with Crippen molar-refractivity contribution < 1.29 is 9.64 Å². The molecular formula is C24H28NO+. The van der Waals surface area contributed by atoms with Gasteiger partial charge in [-0.25, -0.2) is 0 Å². The van der Waals surface area contributed by atoms with Gasteiger partial charge >= 0.3 is 0 Å². The Morgan fingerprint density at radius 1 is 0.846 bits per heavy atom. The molecule has 0 bridgehead atoms. The first-order valence-electron chi connectivity index (χ1n) is 9.75. The number of hydrogen-bond donors (Lipinski definition) is 1. The Labute approximate surface area is 156 Å². The molecule has 0 aromatic heterocycles. The average Bonchev–Trinajstić information content (AvgIpc) is 2.70. The lowest BCUT2D eigenvalue weighted by Crippen LogP contribution is -3.11. The van der Waals surface area contributed by atoms with Crippen LogP contribution in [-0.2, 0) is 13.0 Å². The third-order valence-electron chi connectivity index (χ3n) is 5.81. The number of ether oxygens (including phenoxy) is 1. The summed E-state index contributed by atoms with van der Waals surface area (Å²) in [6.07, 6.45) is 3.90. The van der Waals surface area contributed by atoms with E-state index in [4.69, 9.17) is 4.74 Å². The van der Waals surface area contributed by atoms with E-state index in [1.807, 2.05) is 0 Å². The number of hydrogen-bond acceptors (Lipinski definition) is 1. The molecular weight excluding hydrogens is 318 g/mol. The van der Waals surface area contributed by atoms with Gasteiger partial charge in [0.15, 0.2) is 0 Å². The lowest BCUT2D eigenvalue weighted by atomic mass is 9.90. The molecule has 0 amide bonds. The van der Waals surface area contributed by atoms with Crippen molar-refractivity contribution in [2.75, 3.05) is 20.2 Å². The summed E-state index contributed by atoms with van der Waals surface area (Å²) in [5, 5.41) is 2.57. The van der Waals surface area contributed by atoms with Gasteiger partial charge in [-0.1, -0.05) is 54.6 Å². The molecule has 1 heterocycles. The van der Waals surface area contributed by atoms with Crippen molar-refractivity contribution in [1.82, 2.24) is 0 Å². The average molecular weight is 346 g/mol. The molecule has 1 aliphatic rings. The highest BCUT2D eigenvalue weighted by molar-refractivity contribution is 5.90. The van der Waals surface area contributed by atoms with Crippen molar-refractivity contribution in [3.63, 3.8) is 0 Å². The van der Waals surface area contributed by atoms with Crippen molar-refractivity contribution in [3.8, 4) is 5.75 Å². The summed E-state index contributed by atoms with van der Waals surface area (Å²) >= 11 is 0. The van der Waals surface area contributed by atoms with E-state index in [2.05, 4.69) is 66.7 Å². The Morgan fingerprint density at radius 2 is 1.54 bits per heavy atom. The molecule has 26 heavy (non-hydrogen) atoms. The van der Waals surface area contributed by atoms with Gasteiger partial charge in [-0.15, -0.1) is 0 Å². The first-order chi connectivity index (χ1) is 12.8. The number of quaternary nitrogens is 1. The smallest absolute Gasteiger partial charge is 0.126 e. The molecule has 0 spiro atoms. The van der Waals surface area contributed by atoms with Crippen LogP contribution in [0.2, 0.25) is 0 Å². The van der Waals surface area contributed by atoms with Crippen LogP contribution in [0.15, 0.2) is 66.7 Å². The predicted octanol–water partition coefficient (Wildman–Crippen LogP) is 3.89. The number of benzene rings is 3. The number of piperidine rings is 1. The van der Waals surface area contributed by atoms with Crippen LogP contribution in [0.25, 0.3) is 10.8 Å². The lowest BCUT2D eigenvalue weighted by molar-refractivity contribution is -0.919. The van der Waals surface area contributed by atoms with Gasteiger partial charge in [0.05, 0.1) is 20.2 Å². The number of nitrogens with one attached hydrogen (secondary N) is 1. The van der Waals surface area contributed by atoms with Gasteiger partial charge in [0.25, 0.3) is 0 Å². The van der Waals surface area contributed by atoms with Crippen molar-refractivity contribution >= 4 is 10.8 Å². The third kappa shape index (κ3) is 3.76. The summed E-state index contributed by atoms with van der Waals surface area (Å²) in [6, 6.07) is 24.0. The molecule has 1 fully saturated rings. The zero-order valence-corrected chi connectivity index (χ0v) is 15.6. The SMILES string of the molecule is COc1ccc(C[NH+]2CCC(Cc3ccccc3)CC2)c2ccccc12. The molecule has 3 aromatic rings. The van der Waals surface area contributed by atoms with Crippen molar-refractivity contribution in [1.29, 1.82) is 0 Å². The maximum Gasteiger partial charge on any atom is 0.126 e. The van der Waals surface area contributed by atoms with Gasteiger partial charge in [0, 0.05) is 10.9 Å². The van der Waals surface area contributed by atoms with Crippen LogP contribution in [0.3, 0.4) is 0 Å².